The molecule has 0 atom stereocenters. The predicted octanol–water partition coefficient (Wildman–Crippen LogP) is 2.73. The molecule has 0 unspecified atom stereocenters. The summed E-state index contributed by atoms with van der Waals surface area (Å²) < 4.78 is 5.30. The highest BCUT2D eigenvalue weighted by Crippen LogP contribution is 2.37. The van der Waals surface area contributed by atoms with Crippen molar-refractivity contribution in [3.05, 3.63) is 29.7 Å². The third-order valence-corrected chi connectivity index (χ3v) is 3.55. The second-order valence-electron chi connectivity index (χ2n) is 3.20. The van der Waals surface area contributed by atoms with Gasteiger partial charge in [-0.3, -0.25) is 0 Å². The molecular weight excluding hydrogens is 272 g/mol. The molecule has 0 aromatic carbocycles. The van der Waals surface area contributed by atoms with Crippen molar-refractivity contribution in [3.8, 4) is 5.75 Å². The first-order valence-corrected chi connectivity index (χ1v) is 6.30. The van der Waals surface area contributed by atoms with Gasteiger partial charge in [0.15, 0.2) is 16.6 Å². The first kappa shape index (κ1) is 12.9. The molecule has 0 amide bonds. The summed E-state index contributed by atoms with van der Waals surface area (Å²) >= 11 is 7.40. The Hall–Kier alpha value is -1.53. The number of rotatable bonds is 4. The molecule has 0 aliphatic rings. The number of halogens is 1. The number of methoxy groups -OCH3 is 1. The van der Waals surface area contributed by atoms with Gasteiger partial charge < -0.3 is 10.1 Å². The molecular formula is C11H11ClN4OS. The van der Waals surface area contributed by atoms with E-state index in [4.69, 9.17) is 16.3 Å². The second-order valence-corrected chi connectivity index (χ2v) is 4.59. The van der Waals surface area contributed by atoms with Crippen LogP contribution >= 0.6 is 23.4 Å². The van der Waals surface area contributed by atoms with Crippen LogP contribution in [0.5, 0.6) is 5.75 Å². The zero-order chi connectivity index (χ0) is 13.0. The van der Waals surface area contributed by atoms with Crippen LogP contribution in [-0.4, -0.2) is 29.1 Å². The van der Waals surface area contributed by atoms with Gasteiger partial charge in [0.25, 0.3) is 0 Å². The summed E-state index contributed by atoms with van der Waals surface area (Å²) in [5.74, 6) is 1.20. The lowest BCUT2D eigenvalue weighted by molar-refractivity contribution is 0.400. The quantitative estimate of drug-likeness (QED) is 0.870. The van der Waals surface area contributed by atoms with E-state index in [-0.39, 0.29) is 0 Å². The minimum atomic E-state index is 0.576. The maximum atomic E-state index is 6.06. The number of nitrogens with zero attached hydrogens (tertiary/aromatic N) is 3. The van der Waals surface area contributed by atoms with E-state index in [2.05, 4.69) is 20.3 Å². The minimum absolute atomic E-state index is 0.576. The van der Waals surface area contributed by atoms with Crippen LogP contribution in [0, 0.1) is 0 Å². The van der Waals surface area contributed by atoms with Crippen LogP contribution in [0.15, 0.2) is 34.7 Å². The molecule has 0 radical (unpaired) electrons. The molecule has 2 aromatic rings. The van der Waals surface area contributed by atoms with Gasteiger partial charge >= 0.3 is 0 Å². The maximum Gasteiger partial charge on any atom is 0.194 e. The highest BCUT2D eigenvalue weighted by atomic mass is 35.5. The van der Waals surface area contributed by atoms with Gasteiger partial charge in [-0.05, 0) is 23.9 Å². The van der Waals surface area contributed by atoms with E-state index in [1.807, 2.05) is 0 Å². The summed E-state index contributed by atoms with van der Waals surface area (Å²) in [6.07, 6.45) is 3.15. The molecule has 5 nitrogen and oxygen atoms in total. The third-order valence-electron chi connectivity index (χ3n) is 2.13. The summed E-state index contributed by atoms with van der Waals surface area (Å²) in [6.45, 7) is 0. The van der Waals surface area contributed by atoms with E-state index in [1.165, 1.54) is 18.1 Å². The molecule has 18 heavy (non-hydrogen) atoms. The van der Waals surface area contributed by atoms with Gasteiger partial charge in [-0.25, -0.2) is 15.0 Å². The molecule has 2 rings (SSSR count). The van der Waals surface area contributed by atoms with Gasteiger partial charge in [-0.1, -0.05) is 11.6 Å². The van der Waals surface area contributed by atoms with Crippen molar-refractivity contribution in [1.29, 1.82) is 0 Å². The molecule has 0 fully saturated rings. The van der Waals surface area contributed by atoms with E-state index in [0.29, 0.717) is 26.6 Å². The molecule has 2 aromatic heterocycles. The topological polar surface area (TPSA) is 59.9 Å². The largest absolute Gasteiger partial charge is 0.490 e. The normalized spacial score (nSPS) is 10.2. The summed E-state index contributed by atoms with van der Waals surface area (Å²) in [4.78, 5) is 12.5. The van der Waals surface area contributed by atoms with Gasteiger partial charge in [-0.15, -0.1) is 0 Å². The Morgan fingerprint density at radius 3 is 2.78 bits per heavy atom. The monoisotopic (exact) mass is 282 g/mol. The van der Waals surface area contributed by atoms with Gasteiger partial charge in [0.05, 0.1) is 12.1 Å². The van der Waals surface area contributed by atoms with Gasteiger partial charge in [0.2, 0.25) is 0 Å². The van der Waals surface area contributed by atoms with Crippen molar-refractivity contribution in [2.45, 2.75) is 10.1 Å². The molecule has 94 valence electrons. The molecule has 0 aliphatic carbocycles. The number of pyridine rings is 1. The van der Waals surface area contributed by atoms with Crippen LogP contribution in [-0.2, 0) is 0 Å². The third kappa shape index (κ3) is 2.65. The lowest BCUT2D eigenvalue weighted by atomic mass is 10.5. The lowest BCUT2D eigenvalue weighted by Gasteiger charge is -2.10. The van der Waals surface area contributed by atoms with Gasteiger partial charge in [0.1, 0.15) is 11.4 Å². The Morgan fingerprint density at radius 1 is 1.28 bits per heavy atom. The Kier molecular flexibility index (Phi) is 4.22. The van der Waals surface area contributed by atoms with E-state index in [0.717, 1.165) is 0 Å². The van der Waals surface area contributed by atoms with Crippen molar-refractivity contribution >= 4 is 29.2 Å². The zero-order valence-corrected chi connectivity index (χ0v) is 11.4. The molecule has 0 saturated heterocycles. The predicted molar refractivity (Wildman–Crippen MR) is 71.5 cm³/mol. The highest BCUT2D eigenvalue weighted by molar-refractivity contribution is 7.99. The lowest BCUT2D eigenvalue weighted by Crippen LogP contribution is -2.00. The van der Waals surface area contributed by atoms with Crippen LogP contribution < -0.4 is 10.1 Å². The summed E-state index contributed by atoms with van der Waals surface area (Å²) in [6, 6.07) is 3.56. The molecule has 0 spiro atoms. The van der Waals surface area contributed by atoms with Gasteiger partial charge in [0, 0.05) is 13.2 Å². The number of hydrogen-bond donors (Lipinski definition) is 1. The molecule has 7 heteroatoms. The van der Waals surface area contributed by atoms with Crippen molar-refractivity contribution < 1.29 is 4.74 Å². The average Bonchev–Trinajstić information content (AvgIpc) is 2.41. The van der Waals surface area contributed by atoms with Crippen molar-refractivity contribution in [2.24, 2.45) is 0 Å². The second kappa shape index (κ2) is 5.88. The fourth-order valence-corrected chi connectivity index (χ4v) is 2.40. The van der Waals surface area contributed by atoms with Crippen molar-refractivity contribution in [3.63, 3.8) is 0 Å². The SMILES string of the molecule is CNc1ncnc(Sc2ncccc2Cl)c1OC. The Labute approximate surface area is 114 Å². The standard InChI is InChI=1S/C11H11ClN4OS/c1-13-9-8(17-2)11(16-6-15-9)18-10-7(12)4-3-5-14-10/h3-6H,1-2H3,(H,13,15,16). The van der Waals surface area contributed by atoms with Crippen molar-refractivity contribution in [1.82, 2.24) is 15.0 Å². The Balaban J connectivity index is 2.37. The van der Waals surface area contributed by atoms with Crippen LogP contribution in [0.3, 0.4) is 0 Å². The summed E-state index contributed by atoms with van der Waals surface area (Å²) in [5.41, 5.74) is 0. The number of hydrogen-bond acceptors (Lipinski definition) is 6. The van der Waals surface area contributed by atoms with E-state index >= 15 is 0 Å². The van der Waals surface area contributed by atoms with E-state index < -0.39 is 0 Å². The average molecular weight is 283 g/mol. The van der Waals surface area contributed by atoms with Crippen molar-refractivity contribution in [2.75, 3.05) is 19.5 Å². The Bertz CT molecular complexity index is 552. The van der Waals surface area contributed by atoms with E-state index in [9.17, 15) is 0 Å². The minimum Gasteiger partial charge on any atom is -0.490 e. The molecule has 0 saturated carbocycles. The highest BCUT2D eigenvalue weighted by Gasteiger charge is 2.14. The number of ether oxygens (including phenoxy) is 1. The number of nitrogens with one attached hydrogen (secondary N) is 1. The van der Waals surface area contributed by atoms with Crippen LogP contribution in [0.25, 0.3) is 0 Å². The first-order valence-electron chi connectivity index (χ1n) is 5.11. The van der Waals surface area contributed by atoms with Gasteiger partial charge in [-0.2, -0.15) is 0 Å². The van der Waals surface area contributed by atoms with Crippen LogP contribution in [0.4, 0.5) is 5.82 Å². The van der Waals surface area contributed by atoms with E-state index in [1.54, 1.807) is 32.5 Å². The zero-order valence-electron chi connectivity index (χ0n) is 9.85. The Morgan fingerprint density at radius 2 is 2.11 bits per heavy atom. The van der Waals surface area contributed by atoms with Crippen LogP contribution in [0.1, 0.15) is 0 Å². The van der Waals surface area contributed by atoms with Crippen LogP contribution in [0.2, 0.25) is 5.02 Å². The molecule has 0 bridgehead atoms. The summed E-state index contributed by atoms with van der Waals surface area (Å²) in [7, 11) is 3.34. The first-order chi connectivity index (χ1) is 8.76. The fourth-order valence-electron chi connectivity index (χ4n) is 1.33. The molecule has 0 aliphatic heterocycles. The maximum absolute atomic E-state index is 6.06. The smallest absolute Gasteiger partial charge is 0.194 e. The molecule has 2 heterocycles. The number of anilines is 1. The summed E-state index contributed by atoms with van der Waals surface area (Å²) in [5, 5.41) is 4.87. The number of aromatic nitrogens is 3. The molecule has 1 N–H and O–H groups in total. The fraction of sp³-hybridized carbons (Fsp3) is 0.182.